The highest BCUT2D eigenvalue weighted by atomic mass is 79.9. The number of halogens is 2. The van der Waals surface area contributed by atoms with Crippen molar-refractivity contribution < 1.29 is 4.79 Å². The van der Waals surface area contributed by atoms with Crippen molar-refractivity contribution in [1.29, 1.82) is 0 Å². The predicted octanol–water partition coefficient (Wildman–Crippen LogP) is 4.18. The maximum Gasteiger partial charge on any atom is 0.224 e. The molecule has 0 radical (unpaired) electrons. The van der Waals surface area contributed by atoms with Gasteiger partial charge >= 0.3 is 0 Å². The summed E-state index contributed by atoms with van der Waals surface area (Å²) in [6.07, 6.45) is 3.01. The third-order valence-corrected chi connectivity index (χ3v) is 5.20. The number of amides is 1. The molecule has 2 rings (SSSR count). The molecule has 1 aromatic rings. The fourth-order valence-corrected chi connectivity index (χ4v) is 3.83. The van der Waals surface area contributed by atoms with Crippen molar-refractivity contribution in [2.45, 2.75) is 26.2 Å². The predicted molar refractivity (Wildman–Crippen MR) is 89.8 cm³/mol. The summed E-state index contributed by atoms with van der Waals surface area (Å²) in [5.74, 6) is 1.09. The highest BCUT2D eigenvalue weighted by Gasteiger charge is 2.22. The summed E-state index contributed by atoms with van der Waals surface area (Å²) < 4.78 is 1.79. The van der Waals surface area contributed by atoms with Gasteiger partial charge in [-0.15, -0.1) is 0 Å². The number of nitrogens with one attached hydrogen (secondary N) is 2. The molecule has 0 spiro atoms. The van der Waals surface area contributed by atoms with Crippen molar-refractivity contribution >= 4 is 43.5 Å². The molecule has 0 aromatic heterocycles. The van der Waals surface area contributed by atoms with E-state index >= 15 is 0 Å². The SMILES string of the molecule is CC(CC(=O)Nc1c(Br)cccc1Br)C1CCCNC1. The normalized spacial score (nSPS) is 20.4. The van der Waals surface area contributed by atoms with E-state index in [0.717, 1.165) is 27.7 Å². The minimum atomic E-state index is 0.0793. The van der Waals surface area contributed by atoms with Crippen LogP contribution in [0.3, 0.4) is 0 Å². The lowest BCUT2D eigenvalue weighted by atomic mass is 9.85. The van der Waals surface area contributed by atoms with Crippen LogP contribution in [0, 0.1) is 11.8 Å². The lowest BCUT2D eigenvalue weighted by Gasteiger charge is -2.28. The number of carbonyl (C=O) groups is 1. The van der Waals surface area contributed by atoms with E-state index in [9.17, 15) is 4.79 Å². The number of hydrogen-bond acceptors (Lipinski definition) is 2. The molecule has 1 fully saturated rings. The van der Waals surface area contributed by atoms with Crippen LogP contribution in [-0.4, -0.2) is 19.0 Å². The van der Waals surface area contributed by atoms with Gasteiger partial charge in [-0.2, -0.15) is 0 Å². The second kappa shape index (κ2) is 7.57. The molecule has 1 heterocycles. The zero-order valence-corrected chi connectivity index (χ0v) is 14.8. The molecule has 0 bridgehead atoms. The Balaban J connectivity index is 1.91. The van der Waals surface area contributed by atoms with Gasteiger partial charge in [0.1, 0.15) is 0 Å². The van der Waals surface area contributed by atoms with Crippen molar-refractivity contribution in [2.75, 3.05) is 18.4 Å². The number of anilines is 1. The number of benzene rings is 1. The monoisotopic (exact) mass is 402 g/mol. The first kappa shape index (κ1) is 16.0. The lowest BCUT2D eigenvalue weighted by Crippen LogP contribution is -2.34. The highest BCUT2D eigenvalue weighted by Crippen LogP contribution is 2.31. The molecule has 20 heavy (non-hydrogen) atoms. The Morgan fingerprint density at radius 2 is 2.15 bits per heavy atom. The maximum absolute atomic E-state index is 12.2. The molecule has 1 aromatic carbocycles. The van der Waals surface area contributed by atoms with Gasteiger partial charge in [-0.25, -0.2) is 0 Å². The number of carbonyl (C=O) groups excluding carboxylic acids is 1. The Labute approximate surface area is 137 Å². The number of para-hydroxylation sites is 1. The molecule has 2 unspecified atom stereocenters. The Hall–Kier alpha value is -0.390. The van der Waals surface area contributed by atoms with Gasteiger partial charge < -0.3 is 10.6 Å². The van der Waals surface area contributed by atoms with Crippen LogP contribution in [0.15, 0.2) is 27.1 Å². The van der Waals surface area contributed by atoms with Gasteiger partial charge in [0.2, 0.25) is 5.91 Å². The van der Waals surface area contributed by atoms with Gasteiger partial charge in [0, 0.05) is 15.4 Å². The van der Waals surface area contributed by atoms with E-state index in [-0.39, 0.29) is 5.91 Å². The molecular formula is C15H20Br2N2O. The first-order chi connectivity index (χ1) is 9.58. The fourth-order valence-electron chi connectivity index (χ4n) is 2.63. The van der Waals surface area contributed by atoms with Gasteiger partial charge in [0.05, 0.1) is 5.69 Å². The molecule has 5 heteroatoms. The summed E-state index contributed by atoms with van der Waals surface area (Å²) in [4.78, 5) is 12.2. The van der Waals surface area contributed by atoms with Crippen molar-refractivity contribution in [3.8, 4) is 0 Å². The molecule has 1 aliphatic heterocycles. The highest BCUT2D eigenvalue weighted by molar-refractivity contribution is 9.11. The van der Waals surface area contributed by atoms with E-state index in [1.165, 1.54) is 12.8 Å². The summed E-state index contributed by atoms with van der Waals surface area (Å²) in [5.41, 5.74) is 0.812. The molecule has 1 aliphatic rings. The molecule has 0 saturated carbocycles. The second-order valence-corrected chi connectivity index (χ2v) is 7.14. The van der Waals surface area contributed by atoms with E-state index in [1.807, 2.05) is 18.2 Å². The summed E-state index contributed by atoms with van der Waals surface area (Å²) in [6.45, 7) is 4.32. The lowest BCUT2D eigenvalue weighted by molar-refractivity contribution is -0.117. The Kier molecular flexibility index (Phi) is 6.05. The van der Waals surface area contributed by atoms with Crippen LogP contribution in [-0.2, 0) is 4.79 Å². The van der Waals surface area contributed by atoms with Gasteiger partial charge in [-0.3, -0.25) is 4.79 Å². The Bertz CT molecular complexity index is 453. The summed E-state index contributed by atoms with van der Waals surface area (Å²) in [7, 11) is 0. The molecule has 2 atom stereocenters. The zero-order chi connectivity index (χ0) is 14.5. The summed E-state index contributed by atoms with van der Waals surface area (Å²) in [6, 6.07) is 5.78. The standard InChI is InChI=1S/C15H20Br2N2O/c1-10(11-4-3-7-18-9-11)8-14(20)19-15-12(16)5-2-6-13(15)17/h2,5-6,10-11,18H,3-4,7-9H2,1H3,(H,19,20). The largest absolute Gasteiger partial charge is 0.324 e. The smallest absolute Gasteiger partial charge is 0.224 e. The third kappa shape index (κ3) is 4.30. The molecule has 3 nitrogen and oxygen atoms in total. The van der Waals surface area contributed by atoms with E-state index in [1.54, 1.807) is 0 Å². The topological polar surface area (TPSA) is 41.1 Å². The van der Waals surface area contributed by atoms with E-state index in [2.05, 4.69) is 49.4 Å². The number of rotatable bonds is 4. The van der Waals surface area contributed by atoms with Crippen molar-refractivity contribution in [3.05, 3.63) is 27.1 Å². The zero-order valence-electron chi connectivity index (χ0n) is 11.6. The average molecular weight is 404 g/mol. The van der Waals surface area contributed by atoms with Crippen LogP contribution in [0.5, 0.6) is 0 Å². The first-order valence-corrected chi connectivity index (χ1v) is 8.61. The molecule has 110 valence electrons. The van der Waals surface area contributed by atoms with E-state index in [4.69, 9.17) is 0 Å². The number of piperidine rings is 1. The Morgan fingerprint density at radius 3 is 2.75 bits per heavy atom. The molecule has 1 amide bonds. The Morgan fingerprint density at radius 1 is 1.45 bits per heavy atom. The van der Waals surface area contributed by atoms with Crippen molar-refractivity contribution in [2.24, 2.45) is 11.8 Å². The van der Waals surface area contributed by atoms with Crippen LogP contribution in [0.4, 0.5) is 5.69 Å². The van der Waals surface area contributed by atoms with Crippen LogP contribution >= 0.6 is 31.9 Å². The average Bonchev–Trinajstić information content (AvgIpc) is 2.44. The minimum absolute atomic E-state index is 0.0793. The second-order valence-electron chi connectivity index (χ2n) is 5.43. The molecule has 0 aliphatic carbocycles. The third-order valence-electron chi connectivity index (χ3n) is 3.87. The maximum atomic E-state index is 12.2. The summed E-state index contributed by atoms with van der Waals surface area (Å²) in [5, 5.41) is 6.41. The van der Waals surface area contributed by atoms with E-state index < -0.39 is 0 Å². The first-order valence-electron chi connectivity index (χ1n) is 7.02. The van der Waals surface area contributed by atoms with Crippen LogP contribution in [0.1, 0.15) is 26.2 Å². The van der Waals surface area contributed by atoms with Crippen LogP contribution < -0.4 is 10.6 Å². The van der Waals surface area contributed by atoms with Crippen LogP contribution in [0.2, 0.25) is 0 Å². The molecule has 2 N–H and O–H groups in total. The minimum Gasteiger partial charge on any atom is -0.324 e. The summed E-state index contributed by atoms with van der Waals surface area (Å²) >= 11 is 6.93. The van der Waals surface area contributed by atoms with Crippen molar-refractivity contribution in [3.63, 3.8) is 0 Å². The molecule has 1 saturated heterocycles. The quantitative estimate of drug-likeness (QED) is 0.791. The van der Waals surface area contributed by atoms with Gasteiger partial charge in [-0.05, 0) is 81.8 Å². The van der Waals surface area contributed by atoms with Crippen molar-refractivity contribution in [1.82, 2.24) is 5.32 Å². The van der Waals surface area contributed by atoms with Gasteiger partial charge in [0.25, 0.3) is 0 Å². The van der Waals surface area contributed by atoms with E-state index in [0.29, 0.717) is 18.3 Å². The molecular weight excluding hydrogens is 384 g/mol. The van der Waals surface area contributed by atoms with Crippen LogP contribution in [0.25, 0.3) is 0 Å². The van der Waals surface area contributed by atoms with Gasteiger partial charge in [0.15, 0.2) is 0 Å². The fraction of sp³-hybridized carbons (Fsp3) is 0.533. The number of hydrogen-bond donors (Lipinski definition) is 2. The van der Waals surface area contributed by atoms with Gasteiger partial charge in [-0.1, -0.05) is 13.0 Å².